The molecule has 1 aromatic carbocycles. The lowest BCUT2D eigenvalue weighted by Crippen LogP contribution is -2.26. The molecule has 0 spiro atoms. The van der Waals surface area contributed by atoms with Crippen LogP contribution in [0.4, 0.5) is 0 Å². The van der Waals surface area contributed by atoms with E-state index < -0.39 is 0 Å². The largest absolute Gasteiger partial charge is 0.309 e. The van der Waals surface area contributed by atoms with Gasteiger partial charge in [-0.1, -0.05) is 44.2 Å². The van der Waals surface area contributed by atoms with Crippen molar-refractivity contribution in [1.82, 2.24) is 5.32 Å². The number of hydrogen-bond acceptors (Lipinski definition) is 2. The Morgan fingerprint density at radius 3 is 2.70 bits per heavy atom. The van der Waals surface area contributed by atoms with E-state index in [1.165, 1.54) is 35.3 Å². The van der Waals surface area contributed by atoms with Crippen LogP contribution in [0, 0.1) is 5.41 Å². The van der Waals surface area contributed by atoms with Crippen molar-refractivity contribution in [3.8, 4) is 11.1 Å². The number of thiophene rings is 1. The monoisotopic (exact) mass is 285 g/mol. The third-order valence-electron chi connectivity index (χ3n) is 4.29. The molecule has 0 amide bonds. The Bertz CT molecular complexity index is 556. The summed E-state index contributed by atoms with van der Waals surface area (Å²) < 4.78 is 0. The van der Waals surface area contributed by atoms with Gasteiger partial charge >= 0.3 is 0 Å². The first-order valence-electron chi connectivity index (χ1n) is 7.49. The first-order chi connectivity index (χ1) is 9.62. The highest BCUT2D eigenvalue weighted by Crippen LogP contribution is 2.37. The van der Waals surface area contributed by atoms with Gasteiger partial charge in [0.25, 0.3) is 0 Å². The summed E-state index contributed by atoms with van der Waals surface area (Å²) in [6.45, 7) is 5.78. The van der Waals surface area contributed by atoms with Crippen molar-refractivity contribution in [1.29, 1.82) is 0 Å². The average molecular weight is 285 g/mol. The van der Waals surface area contributed by atoms with Gasteiger partial charge in [-0.2, -0.15) is 0 Å². The minimum atomic E-state index is 0.530. The van der Waals surface area contributed by atoms with E-state index in [9.17, 15) is 0 Å². The summed E-state index contributed by atoms with van der Waals surface area (Å²) in [4.78, 5) is 1.44. The molecule has 2 aromatic rings. The fraction of sp³-hybridized carbons (Fsp3) is 0.444. The van der Waals surface area contributed by atoms with Gasteiger partial charge in [-0.3, -0.25) is 0 Å². The molecule has 1 fully saturated rings. The lowest BCUT2D eigenvalue weighted by Gasteiger charge is -2.17. The smallest absolute Gasteiger partial charge is 0.0302 e. The molecule has 1 saturated carbocycles. The second-order valence-electron chi connectivity index (χ2n) is 6.65. The highest BCUT2D eigenvalue weighted by molar-refractivity contribution is 7.10. The second kappa shape index (κ2) is 5.71. The maximum Gasteiger partial charge on any atom is 0.0302 e. The van der Waals surface area contributed by atoms with Gasteiger partial charge in [0.05, 0.1) is 0 Å². The normalized spacial score (nSPS) is 21.2. The highest BCUT2D eigenvalue weighted by atomic mass is 32.1. The molecule has 1 nitrogen and oxygen atoms in total. The molecular weight excluding hydrogens is 262 g/mol. The van der Waals surface area contributed by atoms with Gasteiger partial charge in [-0.15, -0.1) is 11.3 Å². The van der Waals surface area contributed by atoms with Gasteiger partial charge in [0, 0.05) is 17.5 Å². The Labute approximate surface area is 126 Å². The number of rotatable bonds is 4. The third-order valence-corrected chi connectivity index (χ3v) is 5.23. The summed E-state index contributed by atoms with van der Waals surface area (Å²) >= 11 is 1.87. The van der Waals surface area contributed by atoms with Crippen molar-refractivity contribution in [2.24, 2.45) is 5.41 Å². The number of benzene rings is 1. The molecule has 1 unspecified atom stereocenters. The Hall–Kier alpha value is -1.12. The number of hydrogen-bond donors (Lipinski definition) is 1. The van der Waals surface area contributed by atoms with Gasteiger partial charge in [-0.05, 0) is 47.3 Å². The first kappa shape index (κ1) is 13.8. The zero-order valence-electron chi connectivity index (χ0n) is 12.4. The summed E-state index contributed by atoms with van der Waals surface area (Å²) in [6, 6.07) is 13.7. The molecule has 1 aliphatic rings. The summed E-state index contributed by atoms with van der Waals surface area (Å²) in [5.41, 5.74) is 3.19. The van der Waals surface area contributed by atoms with Crippen LogP contribution in [-0.4, -0.2) is 6.04 Å². The van der Waals surface area contributed by atoms with Crippen molar-refractivity contribution in [3.63, 3.8) is 0 Å². The lowest BCUT2D eigenvalue weighted by atomic mass is 9.92. The third kappa shape index (κ3) is 3.31. The number of nitrogens with one attached hydrogen (secondary N) is 1. The fourth-order valence-electron chi connectivity index (χ4n) is 3.11. The van der Waals surface area contributed by atoms with Gasteiger partial charge in [0.2, 0.25) is 0 Å². The van der Waals surface area contributed by atoms with Crippen molar-refractivity contribution >= 4 is 11.3 Å². The van der Waals surface area contributed by atoms with Crippen LogP contribution in [-0.2, 0) is 6.54 Å². The maximum absolute atomic E-state index is 3.73. The molecule has 1 N–H and O–H groups in total. The van der Waals surface area contributed by atoms with Crippen LogP contribution < -0.4 is 5.32 Å². The molecule has 20 heavy (non-hydrogen) atoms. The summed E-state index contributed by atoms with van der Waals surface area (Å²) in [5.74, 6) is 0. The van der Waals surface area contributed by atoms with E-state index in [0.29, 0.717) is 11.5 Å². The van der Waals surface area contributed by atoms with Crippen LogP contribution in [0.15, 0.2) is 41.8 Å². The second-order valence-corrected chi connectivity index (χ2v) is 7.65. The van der Waals surface area contributed by atoms with Gasteiger partial charge in [0.15, 0.2) is 0 Å². The predicted octanol–water partition coefficient (Wildman–Crippen LogP) is 5.08. The molecule has 1 heterocycles. The van der Waals surface area contributed by atoms with Crippen LogP contribution in [0.1, 0.15) is 38.0 Å². The Kier molecular flexibility index (Phi) is 3.95. The maximum atomic E-state index is 3.73. The summed E-state index contributed by atoms with van der Waals surface area (Å²) in [6.07, 6.45) is 3.98. The van der Waals surface area contributed by atoms with E-state index in [1.54, 1.807) is 0 Å². The molecule has 0 saturated heterocycles. The molecule has 2 heteroatoms. The van der Waals surface area contributed by atoms with Crippen LogP contribution in [0.5, 0.6) is 0 Å². The molecule has 3 rings (SSSR count). The van der Waals surface area contributed by atoms with Gasteiger partial charge < -0.3 is 5.32 Å². The topological polar surface area (TPSA) is 12.0 Å². The molecule has 1 aromatic heterocycles. The molecular formula is C18H23NS. The van der Waals surface area contributed by atoms with Crippen LogP contribution in [0.25, 0.3) is 11.1 Å². The predicted molar refractivity (Wildman–Crippen MR) is 88.0 cm³/mol. The van der Waals surface area contributed by atoms with E-state index in [4.69, 9.17) is 0 Å². The fourth-order valence-corrected chi connectivity index (χ4v) is 3.95. The van der Waals surface area contributed by atoms with Crippen LogP contribution in [0.3, 0.4) is 0 Å². The van der Waals surface area contributed by atoms with Gasteiger partial charge in [-0.25, -0.2) is 0 Å². The Morgan fingerprint density at radius 2 is 2.00 bits per heavy atom. The Morgan fingerprint density at radius 1 is 1.20 bits per heavy atom. The first-order valence-corrected chi connectivity index (χ1v) is 8.37. The van der Waals surface area contributed by atoms with E-state index in [-0.39, 0.29) is 0 Å². The van der Waals surface area contributed by atoms with E-state index in [0.717, 1.165) is 6.54 Å². The zero-order chi connectivity index (χ0) is 14.0. The average Bonchev–Trinajstić information content (AvgIpc) is 3.04. The minimum absolute atomic E-state index is 0.530. The Balaban J connectivity index is 1.58. The lowest BCUT2D eigenvalue weighted by molar-refractivity contribution is 0.364. The van der Waals surface area contributed by atoms with Gasteiger partial charge in [0.1, 0.15) is 0 Å². The summed E-state index contributed by atoms with van der Waals surface area (Å²) in [5, 5.41) is 6.00. The quantitative estimate of drug-likeness (QED) is 0.825. The van der Waals surface area contributed by atoms with Crippen LogP contribution >= 0.6 is 11.3 Å². The minimum Gasteiger partial charge on any atom is -0.309 e. The van der Waals surface area contributed by atoms with Crippen LogP contribution in [0.2, 0.25) is 0 Å². The highest BCUT2D eigenvalue weighted by Gasteiger charge is 2.30. The van der Waals surface area contributed by atoms with E-state index in [1.807, 2.05) is 11.3 Å². The van der Waals surface area contributed by atoms with E-state index >= 15 is 0 Å². The van der Waals surface area contributed by atoms with Crippen molar-refractivity contribution < 1.29 is 0 Å². The van der Waals surface area contributed by atoms with Crippen molar-refractivity contribution in [2.75, 3.05) is 0 Å². The van der Waals surface area contributed by atoms with Crippen molar-refractivity contribution in [3.05, 3.63) is 46.7 Å². The standard InChI is InChI=1S/C18H23NS/c1-18(2)9-8-16(11-18)19-12-17-10-15(13-20-17)14-6-4-3-5-7-14/h3-7,10,13,16,19H,8-9,11-12H2,1-2H3. The zero-order valence-corrected chi connectivity index (χ0v) is 13.2. The summed E-state index contributed by atoms with van der Waals surface area (Å²) in [7, 11) is 0. The molecule has 0 bridgehead atoms. The van der Waals surface area contributed by atoms with Crippen molar-refractivity contribution in [2.45, 2.75) is 45.7 Å². The molecule has 0 aliphatic heterocycles. The van der Waals surface area contributed by atoms with E-state index in [2.05, 4.69) is 60.9 Å². The molecule has 0 radical (unpaired) electrons. The molecule has 1 aliphatic carbocycles. The SMILES string of the molecule is CC1(C)CCC(NCc2cc(-c3ccccc3)cs2)C1. The molecule has 1 atom stereocenters. The molecule has 106 valence electrons.